The van der Waals surface area contributed by atoms with Gasteiger partial charge in [-0.1, -0.05) is 23.7 Å². The first-order valence-corrected chi connectivity index (χ1v) is 7.53. The third-order valence-electron chi connectivity index (χ3n) is 3.86. The SMILES string of the molecule is Cn1ccc2c(cc(C(=O)NCc3cccc(Cl)c3)n2C)c1=O. The Bertz CT molecular complexity index is 956. The normalized spacial score (nSPS) is 10.9. The molecule has 2 heterocycles. The minimum atomic E-state index is -0.231. The molecule has 3 aromatic rings. The average molecular weight is 330 g/mol. The van der Waals surface area contributed by atoms with E-state index in [1.54, 1.807) is 43.1 Å². The summed E-state index contributed by atoms with van der Waals surface area (Å²) in [4.78, 5) is 24.6. The smallest absolute Gasteiger partial charge is 0.268 e. The van der Waals surface area contributed by atoms with Crippen LogP contribution < -0.4 is 10.9 Å². The minimum absolute atomic E-state index is 0.119. The Labute approximate surface area is 138 Å². The van der Waals surface area contributed by atoms with E-state index in [9.17, 15) is 9.59 Å². The van der Waals surface area contributed by atoms with E-state index < -0.39 is 0 Å². The Morgan fingerprint density at radius 2 is 2.00 bits per heavy atom. The predicted octanol–water partition coefficient (Wildman–Crippen LogP) is 2.46. The second-order valence-electron chi connectivity index (χ2n) is 5.43. The van der Waals surface area contributed by atoms with E-state index >= 15 is 0 Å². The van der Waals surface area contributed by atoms with Gasteiger partial charge in [0.2, 0.25) is 0 Å². The van der Waals surface area contributed by atoms with E-state index in [2.05, 4.69) is 5.32 Å². The van der Waals surface area contributed by atoms with E-state index in [1.807, 2.05) is 18.2 Å². The van der Waals surface area contributed by atoms with Crippen LogP contribution in [-0.2, 0) is 20.6 Å². The molecule has 0 atom stereocenters. The maximum atomic E-state index is 12.4. The molecule has 23 heavy (non-hydrogen) atoms. The lowest BCUT2D eigenvalue weighted by atomic mass is 10.2. The Kier molecular flexibility index (Phi) is 3.96. The predicted molar refractivity (Wildman–Crippen MR) is 90.8 cm³/mol. The van der Waals surface area contributed by atoms with E-state index in [1.165, 1.54) is 4.57 Å². The van der Waals surface area contributed by atoms with Crippen molar-refractivity contribution < 1.29 is 4.79 Å². The molecule has 0 saturated carbocycles. The van der Waals surface area contributed by atoms with Crippen molar-refractivity contribution in [2.24, 2.45) is 14.1 Å². The molecule has 3 rings (SSSR count). The number of fused-ring (bicyclic) bond motifs is 1. The van der Waals surface area contributed by atoms with Gasteiger partial charge < -0.3 is 14.5 Å². The standard InChI is InChI=1S/C17H16ClN3O2/c1-20-7-6-14-13(17(20)23)9-15(21(14)2)16(22)19-10-11-4-3-5-12(18)8-11/h3-9H,10H2,1-2H3,(H,19,22). The number of carbonyl (C=O) groups excluding carboxylic acids is 1. The van der Waals surface area contributed by atoms with Crippen LogP contribution in [0.2, 0.25) is 5.02 Å². The molecule has 6 heteroatoms. The molecule has 118 valence electrons. The largest absolute Gasteiger partial charge is 0.347 e. The number of nitrogens with one attached hydrogen (secondary N) is 1. The Balaban J connectivity index is 1.88. The third-order valence-corrected chi connectivity index (χ3v) is 4.10. The fourth-order valence-electron chi connectivity index (χ4n) is 2.57. The lowest BCUT2D eigenvalue weighted by molar-refractivity contribution is 0.0943. The number of benzene rings is 1. The van der Waals surface area contributed by atoms with Crippen molar-refractivity contribution >= 4 is 28.4 Å². The molecule has 0 fully saturated rings. The number of aryl methyl sites for hydroxylation is 2. The van der Waals surface area contributed by atoms with Gasteiger partial charge in [0.05, 0.1) is 10.9 Å². The lowest BCUT2D eigenvalue weighted by Gasteiger charge is -2.07. The molecule has 2 aromatic heterocycles. The first-order chi connectivity index (χ1) is 11.0. The highest BCUT2D eigenvalue weighted by molar-refractivity contribution is 6.30. The van der Waals surface area contributed by atoms with Gasteiger partial charge >= 0.3 is 0 Å². The van der Waals surface area contributed by atoms with Crippen molar-refractivity contribution in [3.8, 4) is 0 Å². The van der Waals surface area contributed by atoms with Crippen LogP contribution in [0.15, 0.2) is 47.4 Å². The highest BCUT2D eigenvalue weighted by Crippen LogP contribution is 2.15. The zero-order chi connectivity index (χ0) is 16.6. The summed E-state index contributed by atoms with van der Waals surface area (Å²) in [5.41, 5.74) is 1.99. The van der Waals surface area contributed by atoms with Gasteiger partial charge in [0.1, 0.15) is 5.69 Å². The summed E-state index contributed by atoms with van der Waals surface area (Å²) < 4.78 is 3.22. The second kappa shape index (κ2) is 5.93. The number of pyridine rings is 1. The fraction of sp³-hybridized carbons (Fsp3) is 0.176. The highest BCUT2D eigenvalue weighted by atomic mass is 35.5. The van der Waals surface area contributed by atoms with E-state index in [0.29, 0.717) is 22.6 Å². The number of rotatable bonds is 3. The number of amides is 1. The van der Waals surface area contributed by atoms with Crippen LogP contribution in [-0.4, -0.2) is 15.0 Å². The summed E-state index contributed by atoms with van der Waals surface area (Å²) >= 11 is 5.93. The van der Waals surface area contributed by atoms with Crippen molar-refractivity contribution in [2.45, 2.75) is 6.54 Å². The molecule has 1 amide bonds. The summed E-state index contributed by atoms with van der Waals surface area (Å²) in [7, 11) is 3.46. The van der Waals surface area contributed by atoms with Crippen LogP contribution >= 0.6 is 11.6 Å². The number of halogens is 1. The fourth-order valence-corrected chi connectivity index (χ4v) is 2.78. The molecule has 0 unspecified atom stereocenters. The number of aromatic nitrogens is 2. The van der Waals surface area contributed by atoms with E-state index in [-0.39, 0.29) is 11.5 Å². The van der Waals surface area contributed by atoms with Crippen LogP contribution in [0.3, 0.4) is 0 Å². The molecule has 0 spiro atoms. The van der Waals surface area contributed by atoms with Crippen LogP contribution in [0.1, 0.15) is 16.1 Å². The minimum Gasteiger partial charge on any atom is -0.347 e. The van der Waals surface area contributed by atoms with Gasteiger partial charge in [-0.05, 0) is 29.8 Å². The van der Waals surface area contributed by atoms with Crippen molar-refractivity contribution in [2.75, 3.05) is 0 Å². The summed E-state index contributed by atoms with van der Waals surface area (Å²) in [6.07, 6.45) is 1.69. The first-order valence-electron chi connectivity index (χ1n) is 7.15. The number of carbonyl (C=O) groups is 1. The quantitative estimate of drug-likeness (QED) is 0.802. The van der Waals surface area contributed by atoms with Gasteiger partial charge in [0.15, 0.2) is 0 Å². The van der Waals surface area contributed by atoms with E-state index in [0.717, 1.165) is 11.1 Å². The van der Waals surface area contributed by atoms with Crippen LogP contribution in [0, 0.1) is 0 Å². The highest BCUT2D eigenvalue weighted by Gasteiger charge is 2.15. The Morgan fingerprint density at radius 3 is 2.74 bits per heavy atom. The zero-order valence-electron chi connectivity index (χ0n) is 12.8. The Hall–Kier alpha value is -2.53. The number of nitrogens with zero attached hydrogens (tertiary/aromatic N) is 2. The van der Waals surface area contributed by atoms with Crippen LogP contribution in [0.4, 0.5) is 0 Å². The number of hydrogen-bond donors (Lipinski definition) is 1. The monoisotopic (exact) mass is 329 g/mol. The zero-order valence-corrected chi connectivity index (χ0v) is 13.6. The molecule has 5 nitrogen and oxygen atoms in total. The summed E-state index contributed by atoms with van der Waals surface area (Å²) in [5, 5.41) is 4.01. The molecular weight excluding hydrogens is 314 g/mol. The summed E-state index contributed by atoms with van der Waals surface area (Å²) in [6, 6.07) is 10.8. The molecular formula is C17H16ClN3O2. The molecule has 1 aromatic carbocycles. The third kappa shape index (κ3) is 2.87. The average Bonchev–Trinajstić information content (AvgIpc) is 2.86. The summed E-state index contributed by atoms with van der Waals surface area (Å²) in [6.45, 7) is 0.374. The van der Waals surface area contributed by atoms with Crippen molar-refractivity contribution in [3.63, 3.8) is 0 Å². The van der Waals surface area contributed by atoms with Gasteiger partial charge in [-0.3, -0.25) is 9.59 Å². The molecule has 0 aliphatic rings. The molecule has 0 saturated heterocycles. The van der Waals surface area contributed by atoms with Gasteiger partial charge in [0.25, 0.3) is 11.5 Å². The molecule has 0 aliphatic carbocycles. The maximum absolute atomic E-state index is 12.4. The second-order valence-corrected chi connectivity index (χ2v) is 5.87. The maximum Gasteiger partial charge on any atom is 0.268 e. The van der Waals surface area contributed by atoms with Crippen molar-refractivity contribution in [1.82, 2.24) is 14.5 Å². The van der Waals surface area contributed by atoms with Gasteiger partial charge in [-0.15, -0.1) is 0 Å². The lowest BCUT2D eigenvalue weighted by Crippen LogP contribution is -2.24. The topological polar surface area (TPSA) is 56.0 Å². The molecule has 0 aliphatic heterocycles. The van der Waals surface area contributed by atoms with Crippen LogP contribution in [0.25, 0.3) is 10.9 Å². The first kappa shape index (κ1) is 15.4. The van der Waals surface area contributed by atoms with Crippen LogP contribution in [0.5, 0.6) is 0 Å². The van der Waals surface area contributed by atoms with E-state index in [4.69, 9.17) is 11.6 Å². The molecule has 0 radical (unpaired) electrons. The van der Waals surface area contributed by atoms with Crippen molar-refractivity contribution in [1.29, 1.82) is 0 Å². The molecule has 0 bridgehead atoms. The molecule has 1 N–H and O–H groups in total. The van der Waals surface area contributed by atoms with Crippen molar-refractivity contribution in [3.05, 3.63) is 69.2 Å². The van der Waals surface area contributed by atoms with Gasteiger partial charge in [-0.25, -0.2) is 0 Å². The number of hydrogen-bond acceptors (Lipinski definition) is 2. The van der Waals surface area contributed by atoms with Gasteiger partial charge in [0, 0.05) is 31.9 Å². The van der Waals surface area contributed by atoms with Gasteiger partial charge in [-0.2, -0.15) is 0 Å². The Morgan fingerprint density at radius 1 is 1.22 bits per heavy atom. The summed E-state index contributed by atoms with van der Waals surface area (Å²) in [5.74, 6) is -0.231.